The van der Waals surface area contributed by atoms with Crippen LogP contribution in [-0.4, -0.2) is 22.6 Å². The molecule has 1 aliphatic rings. The minimum absolute atomic E-state index is 0.00166. The molecule has 1 heterocycles. The highest BCUT2D eigenvalue weighted by Gasteiger charge is 2.28. The fraction of sp³-hybridized carbons (Fsp3) is 0.400. The third-order valence-corrected chi connectivity index (χ3v) is 5.83. The zero-order valence-electron chi connectivity index (χ0n) is 18.3. The van der Waals surface area contributed by atoms with Gasteiger partial charge in [0.05, 0.1) is 24.1 Å². The normalized spacial score (nSPS) is 14.6. The number of rotatable bonds is 8. The Balaban J connectivity index is 1.50. The first-order valence-electron chi connectivity index (χ1n) is 10.9. The van der Waals surface area contributed by atoms with E-state index in [1.807, 2.05) is 48.5 Å². The average Bonchev–Trinajstić information content (AvgIpc) is 3.61. The number of benzene rings is 2. The quantitative estimate of drug-likeness (QED) is 0.594. The second-order valence-corrected chi connectivity index (χ2v) is 8.51. The summed E-state index contributed by atoms with van der Waals surface area (Å²) in [5.41, 5.74) is 1.74. The Morgan fingerprint density at radius 2 is 1.87 bits per heavy atom. The van der Waals surface area contributed by atoms with Gasteiger partial charge in [-0.1, -0.05) is 38.1 Å². The Kier molecular flexibility index (Phi) is 6.07. The van der Waals surface area contributed by atoms with E-state index in [9.17, 15) is 9.59 Å². The topological polar surface area (TPSA) is 73.2 Å². The maximum atomic E-state index is 13.0. The van der Waals surface area contributed by atoms with Crippen molar-refractivity contribution >= 4 is 16.8 Å². The number of amides is 1. The minimum atomic E-state index is -0.0893. The Morgan fingerprint density at radius 3 is 2.52 bits per heavy atom. The van der Waals surface area contributed by atoms with Crippen LogP contribution in [0.1, 0.15) is 56.6 Å². The molecule has 0 saturated heterocycles. The molecule has 0 spiro atoms. The lowest BCUT2D eigenvalue weighted by atomic mass is 9.95. The predicted molar refractivity (Wildman–Crippen MR) is 121 cm³/mol. The first-order chi connectivity index (χ1) is 15.0. The third-order valence-electron chi connectivity index (χ3n) is 5.83. The van der Waals surface area contributed by atoms with Gasteiger partial charge in [-0.2, -0.15) is 0 Å². The molecule has 1 saturated carbocycles. The number of hydrogen-bond donors (Lipinski definition) is 1. The summed E-state index contributed by atoms with van der Waals surface area (Å²) in [4.78, 5) is 30.5. The number of hydrogen-bond acceptors (Lipinski definition) is 4. The van der Waals surface area contributed by atoms with Crippen molar-refractivity contribution < 1.29 is 9.53 Å². The lowest BCUT2D eigenvalue weighted by Gasteiger charge is -2.23. The average molecular weight is 420 g/mol. The number of nitrogens with one attached hydrogen (secondary N) is 1. The summed E-state index contributed by atoms with van der Waals surface area (Å²) >= 11 is 0. The van der Waals surface area contributed by atoms with Crippen LogP contribution in [0.15, 0.2) is 53.3 Å². The molecule has 31 heavy (non-hydrogen) atoms. The van der Waals surface area contributed by atoms with Crippen LogP contribution in [0.2, 0.25) is 0 Å². The molecule has 1 N–H and O–H groups in total. The van der Waals surface area contributed by atoms with Crippen LogP contribution < -0.4 is 15.6 Å². The second kappa shape index (κ2) is 8.92. The number of para-hydroxylation sites is 1. The Morgan fingerprint density at radius 1 is 1.16 bits per heavy atom. The van der Waals surface area contributed by atoms with E-state index in [1.165, 1.54) is 0 Å². The summed E-state index contributed by atoms with van der Waals surface area (Å²) in [5.74, 6) is 1.69. The number of ether oxygens (including phenoxy) is 1. The molecule has 0 radical (unpaired) electrons. The van der Waals surface area contributed by atoms with Crippen molar-refractivity contribution in [3.8, 4) is 5.75 Å². The molecule has 0 aliphatic heterocycles. The Hall–Kier alpha value is -3.15. The maximum Gasteiger partial charge on any atom is 0.261 e. The van der Waals surface area contributed by atoms with Gasteiger partial charge in [-0.25, -0.2) is 4.98 Å². The lowest BCUT2D eigenvalue weighted by Crippen LogP contribution is -2.32. The van der Waals surface area contributed by atoms with Crippen molar-refractivity contribution in [3.05, 3.63) is 70.3 Å². The van der Waals surface area contributed by atoms with E-state index in [-0.39, 0.29) is 35.9 Å². The zero-order valence-corrected chi connectivity index (χ0v) is 18.3. The van der Waals surface area contributed by atoms with Crippen molar-refractivity contribution in [2.45, 2.75) is 51.6 Å². The molecule has 1 fully saturated rings. The van der Waals surface area contributed by atoms with Crippen molar-refractivity contribution in [2.75, 3.05) is 7.11 Å². The largest absolute Gasteiger partial charge is 0.497 e. The fourth-order valence-electron chi connectivity index (χ4n) is 3.99. The van der Waals surface area contributed by atoms with E-state index in [1.54, 1.807) is 11.7 Å². The number of aromatic nitrogens is 2. The van der Waals surface area contributed by atoms with Crippen molar-refractivity contribution in [2.24, 2.45) is 5.92 Å². The molecule has 1 aromatic heterocycles. The summed E-state index contributed by atoms with van der Waals surface area (Å²) in [7, 11) is 1.64. The van der Waals surface area contributed by atoms with Crippen LogP contribution in [0.5, 0.6) is 5.75 Å². The summed E-state index contributed by atoms with van der Waals surface area (Å²) in [5, 5.41) is 3.80. The van der Waals surface area contributed by atoms with Crippen LogP contribution in [-0.2, 0) is 11.2 Å². The van der Waals surface area contributed by atoms with Gasteiger partial charge >= 0.3 is 0 Å². The van der Waals surface area contributed by atoms with E-state index < -0.39 is 0 Å². The van der Waals surface area contributed by atoms with Gasteiger partial charge in [0.25, 0.3) is 5.56 Å². The third kappa shape index (κ3) is 4.63. The molecular weight excluding hydrogens is 390 g/mol. The van der Waals surface area contributed by atoms with Crippen LogP contribution in [0, 0.1) is 5.92 Å². The monoisotopic (exact) mass is 419 g/mol. The maximum absolute atomic E-state index is 13.0. The summed E-state index contributed by atoms with van der Waals surface area (Å²) in [6, 6.07) is 15.3. The number of methoxy groups -OCH3 is 1. The fourth-order valence-corrected chi connectivity index (χ4v) is 3.99. The van der Waals surface area contributed by atoms with Crippen molar-refractivity contribution in [1.29, 1.82) is 0 Å². The number of fused-ring (bicyclic) bond motifs is 1. The predicted octanol–water partition coefficient (Wildman–Crippen LogP) is 4.19. The summed E-state index contributed by atoms with van der Waals surface area (Å²) in [6.45, 7) is 4.18. The molecular formula is C25H29N3O3. The highest BCUT2D eigenvalue weighted by atomic mass is 16.5. The molecule has 6 heteroatoms. The molecule has 1 aliphatic carbocycles. The standard InChI is InChI=1S/C25H29N3O3/c1-16(2)24(17-8-12-19(31-3)13-9-17)27-23(29)15-14-22-26-21-7-5-4-6-20(21)25(30)28(22)18-10-11-18/h4-9,12-13,16,18,24H,10-11,14-15H2,1-3H3,(H,27,29). The van der Waals surface area contributed by atoms with E-state index in [4.69, 9.17) is 9.72 Å². The van der Waals surface area contributed by atoms with Crippen molar-refractivity contribution in [3.63, 3.8) is 0 Å². The SMILES string of the molecule is COc1ccc(C(NC(=O)CCc2nc3ccccc3c(=O)n2C2CC2)C(C)C)cc1. The molecule has 1 amide bonds. The second-order valence-electron chi connectivity index (χ2n) is 8.51. The molecule has 1 atom stereocenters. The number of nitrogens with zero attached hydrogens (tertiary/aromatic N) is 2. The molecule has 4 rings (SSSR count). The van der Waals surface area contributed by atoms with Crippen LogP contribution in [0.25, 0.3) is 10.9 Å². The molecule has 0 bridgehead atoms. The van der Waals surface area contributed by atoms with Gasteiger partial charge in [0, 0.05) is 18.9 Å². The van der Waals surface area contributed by atoms with E-state index in [0.29, 0.717) is 23.1 Å². The van der Waals surface area contributed by atoms with Gasteiger partial charge in [-0.05, 0) is 48.6 Å². The van der Waals surface area contributed by atoms with Crippen molar-refractivity contribution in [1.82, 2.24) is 14.9 Å². The van der Waals surface area contributed by atoms with Gasteiger partial charge in [-0.3, -0.25) is 14.2 Å². The molecule has 162 valence electrons. The van der Waals surface area contributed by atoms with Gasteiger partial charge in [0.2, 0.25) is 5.91 Å². The first kappa shape index (κ1) is 21.1. The summed E-state index contributed by atoms with van der Waals surface area (Å²) < 4.78 is 7.04. The van der Waals surface area contributed by atoms with Gasteiger partial charge < -0.3 is 10.1 Å². The number of aryl methyl sites for hydroxylation is 1. The van der Waals surface area contributed by atoms with Crippen LogP contribution in [0.3, 0.4) is 0 Å². The number of carbonyl (C=O) groups excluding carboxylic acids is 1. The highest BCUT2D eigenvalue weighted by Crippen LogP contribution is 2.35. The van der Waals surface area contributed by atoms with E-state index in [2.05, 4.69) is 19.2 Å². The van der Waals surface area contributed by atoms with Crippen LogP contribution >= 0.6 is 0 Å². The van der Waals surface area contributed by atoms with Gasteiger partial charge in [-0.15, -0.1) is 0 Å². The van der Waals surface area contributed by atoms with E-state index in [0.717, 1.165) is 24.2 Å². The molecule has 6 nitrogen and oxygen atoms in total. The van der Waals surface area contributed by atoms with Gasteiger partial charge in [0.1, 0.15) is 11.6 Å². The van der Waals surface area contributed by atoms with Gasteiger partial charge in [0.15, 0.2) is 0 Å². The Bertz CT molecular complexity index is 1130. The highest BCUT2D eigenvalue weighted by molar-refractivity contribution is 5.78. The van der Waals surface area contributed by atoms with Crippen LogP contribution in [0.4, 0.5) is 0 Å². The summed E-state index contributed by atoms with van der Waals surface area (Å²) in [6.07, 6.45) is 2.71. The smallest absolute Gasteiger partial charge is 0.261 e. The molecule has 2 aromatic carbocycles. The first-order valence-corrected chi connectivity index (χ1v) is 10.9. The minimum Gasteiger partial charge on any atom is -0.497 e. The molecule has 1 unspecified atom stereocenters. The number of carbonyl (C=O) groups is 1. The van der Waals surface area contributed by atoms with E-state index >= 15 is 0 Å². The Labute approximate surface area is 182 Å². The zero-order chi connectivity index (χ0) is 22.0. The molecule has 3 aromatic rings. The lowest BCUT2D eigenvalue weighted by molar-refractivity contribution is -0.122.